The van der Waals surface area contributed by atoms with Crippen LogP contribution >= 0.6 is 11.3 Å². The summed E-state index contributed by atoms with van der Waals surface area (Å²) in [4.78, 5) is 5.39. The molecule has 0 aliphatic rings. The van der Waals surface area contributed by atoms with Crippen molar-refractivity contribution in [2.75, 3.05) is 12.4 Å². The summed E-state index contributed by atoms with van der Waals surface area (Å²) in [6, 6.07) is 9.78. The van der Waals surface area contributed by atoms with Crippen LogP contribution < -0.4 is 11.1 Å². The number of thiophene rings is 1. The van der Waals surface area contributed by atoms with Gasteiger partial charge in [0.1, 0.15) is 5.84 Å². The van der Waals surface area contributed by atoms with Crippen molar-refractivity contribution in [2.24, 2.45) is 10.7 Å². The first-order chi connectivity index (χ1) is 8.74. The molecule has 1 heterocycles. The Morgan fingerprint density at radius 2 is 2.28 bits per heavy atom. The number of amidine groups is 1. The Hall–Kier alpha value is -2.07. The molecule has 92 valence electrons. The summed E-state index contributed by atoms with van der Waals surface area (Å²) >= 11 is 1.58. The van der Waals surface area contributed by atoms with Crippen LogP contribution in [-0.2, 0) is 0 Å². The zero-order valence-electron chi connectivity index (χ0n) is 10.2. The Balaban J connectivity index is 2.35. The molecule has 1 aromatic heterocycles. The Morgan fingerprint density at radius 1 is 1.44 bits per heavy atom. The second-order valence-electron chi connectivity index (χ2n) is 3.70. The van der Waals surface area contributed by atoms with E-state index in [1.807, 2.05) is 42.8 Å². The van der Waals surface area contributed by atoms with Gasteiger partial charge >= 0.3 is 0 Å². The molecule has 0 bridgehead atoms. The molecule has 0 saturated heterocycles. The van der Waals surface area contributed by atoms with Crippen LogP contribution in [0.25, 0.3) is 6.08 Å². The fourth-order valence-corrected chi connectivity index (χ4v) is 2.26. The molecule has 0 spiro atoms. The van der Waals surface area contributed by atoms with Crippen molar-refractivity contribution in [3.05, 3.63) is 52.7 Å². The van der Waals surface area contributed by atoms with Crippen LogP contribution in [0.1, 0.15) is 10.4 Å². The number of aliphatic imine (C=N–C) groups is 1. The molecule has 4 heteroatoms. The van der Waals surface area contributed by atoms with Crippen molar-refractivity contribution in [1.29, 1.82) is 0 Å². The molecule has 2 aromatic rings. The Kier molecular flexibility index (Phi) is 3.79. The number of rotatable bonds is 4. The highest BCUT2D eigenvalue weighted by molar-refractivity contribution is 7.12. The predicted octanol–water partition coefficient (Wildman–Crippen LogP) is 3.47. The second kappa shape index (κ2) is 5.51. The fourth-order valence-electron chi connectivity index (χ4n) is 1.63. The van der Waals surface area contributed by atoms with Crippen molar-refractivity contribution in [3.63, 3.8) is 0 Å². The average molecular weight is 257 g/mol. The van der Waals surface area contributed by atoms with Gasteiger partial charge in [0, 0.05) is 12.7 Å². The van der Waals surface area contributed by atoms with E-state index in [0.717, 1.165) is 21.8 Å². The number of nitrogens with zero attached hydrogens (tertiary/aromatic N) is 1. The zero-order chi connectivity index (χ0) is 13.0. The van der Waals surface area contributed by atoms with Crippen LogP contribution in [0.15, 0.2) is 47.3 Å². The van der Waals surface area contributed by atoms with Gasteiger partial charge in [-0.2, -0.15) is 0 Å². The molecular formula is C14H15N3S. The Labute approximate surface area is 111 Å². The molecular weight excluding hydrogens is 242 g/mol. The summed E-state index contributed by atoms with van der Waals surface area (Å²) in [5.74, 6) is 0.539. The van der Waals surface area contributed by atoms with Gasteiger partial charge in [-0.05, 0) is 35.2 Å². The van der Waals surface area contributed by atoms with Crippen molar-refractivity contribution in [2.45, 2.75) is 0 Å². The van der Waals surface area contributed by atoms with Gasteiger partial charge in [-0.3, -0.25) is 0 Å². The highest BCUT2D eigenvalue weighted by Gasteiger charge is 2.02. The van der Waals surface area contributed by atoms with Gasteiger partial charge in [-0.1, -0.05) is 18.7 Å². The molecule has 0 fully saturated rings. The monoisotopic (exact) mass is 257 g/mol. The molecule has 0 atom stereocenters. The normalized spacial score (nSPS) is 11.3. The molecule has 0 aliphatic carbocycles. The topological polar surface area (TPSA) is 50.4 Å². The fraction of sp³-hybridized carbons (Fsp3) is 0.0714. The summed E-state index contributed by atoms with van der Waals surface area (Å²) in [7, 11) is 1.88. The molecule has 1 aromatic carbocycles. The third kappa shape index (κ3) is 2.60. The summed E-state index contributed by atoms with van der Waals surface area (Å²) < 4.78 is 0. The minimum atomic E-state index is 0.539. The number of benzene rings is 1. The smallest absolute Gasteiger partial charge is 0.141 e. The number of hydrogen-bond donors (Lipinski definition) is 2. The predicted molar refractivity (Wildman–Crippen MR) is 80.8 cm³/mol. The van der Waals surface area contributed by atoms with Gasteiger partial charge in [0.05, 0.1) is 10.6 Å². The Bertz CT molecular complexity index is 571. The molecule has 0 saturated carbocycles. The van der Waals surface area contributed by atoms with Crippen molar-refractivity contribution in [3.8, 4) is 0 Å². The Morgan fingerprint density at radius 3 is 2.89 bits per heavy atom. The maximum Gasteiger partial charge on any atom is 0.141 e. The van der Waals surface area contributed by atoms with Gasteiger partial charge in [0.15, 0.2) is 0 Å². The van der Waals surface area contributed by atoms with Gasteiger partial charge < -0.3 is 11.1 Å². The third-order valence-electron chi connectivity index (χ3n) is 2.55. The van der Waals surface area contributed by atoms with E-state index in [4.69, 9.17) is 5.73 Å². The van der Waals surface area contributed by atoms with Crippen molar-refractivity contribution in [1.82, 2.24) is 0 Å². The molecule has 0 unspecified atom stereocenters. The third-order valence-corrected chi connectivity index (χ3v) is 3.44. The van der Waals surface area contributed by atoms with E-state index < -0.39 is 0 Å². The van der Waals surface area contributed by atoms with Crippen molar-refractivity contribution >= 4 is 34.6 Å². The van der Waals surface area contributed by atoms with E-state index >= 15 is 0 Å². The molecule has 2 rings (SSSR count). The number of anilines is 1. The van der Waals surface area contributed by atoms with Crippen molar-refractivity contribution < 1.29 is 0 Å². The molecule has 0 radical (unpaired) electrons. The molecule has 3 nitrogen and oxygen atoms in total. The van der Waals surface area contributed by atoms with E-state index in [1.54, 1.807) is 17.4 Å². The van der Waals surface area contributed by atoms with Gasteiger partial charge in [0.25, 0.3) is 0 Å². The quantitative estimate of drug-likeness (QED) is 0.651. The minimum absolute atomic E-state index is 0.539. The zero-order valence-corrected chi connectivity index (χ0v) is 11.0. The highest BCUT2D eigenvalue weighted by atomic mass is 32.1. The first kappa shape index (κ1) is 12.4. The summed E-state index contributed by atoms with van der Waals surface area (Å²) in [6.07, 6.45) is 1.80. The number of nitrogens with two attached hydrogens (primary N) is 1. The molecule has 0 aliphatic heterocycles. The van der Waals surface area contributed by atoms with Crippen LogP contribution in [0.3, 0.4) is 0 Å². The number of nitrogens with one attached hydrogen (secondary N) is 1. The van der Waals surface area contributed by atoms with E-state index in [0.29, 0.717) is 5.84 Å². The van der Waals surface area contributed by atoms with E-state index in [1.165, 1.54) is 0 Å². The maximum absolute atomic E-state index is 5.95. The summed E-state index contributed by atoms with van der Waals surface area (Å²) in [6.45, 7) is 3.79. The maximum atomic E-state index is 5.95. The van der Waals surface area contributed by atoms with Crippen LogP contribution in [0, 0.1) is 0 Å². The van der Waals surface area contributed by atoms with E-state index in [2.05, 4.69) is 16.9 Å². The molecule has 3 N–H and O–H groups in total. The van der Waals surface area contributed by atoms with Crippen LogP contribution in [0.5, 0.6) is 0 Å². The van der Waals surface area contributed by atoms with Crippen LogP contribution in [-0.4, -0.2) is 12.9 Å². The standard InChI is InChI=1S/C14H15N3S/c1-3-10-9-11(6-7-12(10)16-2)17-14(15)13-5-4-8-18-13/h3-9,16H,1H2,2H3,(H2,15,17). The van der Waals surface area contributed by atoms with E-state index in [-0.39, 0.29) is 0 Å². The lowest BCUT2D eigenvalue weighted by atomic mass is 10.1. The lowest BCUT2D eigenvalue weighted by molar-refractivity contribution is 1.44. The van der Waals surface area contributed by atoms with Gasteiger partial charge in [-0.25, -0.2) is 4.99 Å². The van der Waals surface area contributed by atoms with Gasteiger partial charge in [0.2, 0.25) is 0 Å². The lowest BCUT2D eigenvalue weighted by Gasteiger charge is -2.06. The molecule has 18 heavy (non-hydrogen) atoms. The van der Waals surface area contributed by atoms with Crippen LogP contribution in [0.2, 0.25) is 0 Å². The number of hydrogen-bond acceptors (Lipinski definition) is 3. The van der Waals surface area contributed by atoms with Gasteiger partial charge in [-0.15, -0.1) is 11.3 Å². The summed E-state index contributed by atoms with van der Waals surface area (Å²) in [5.41, 5.74) is 8.82. The summed E-state index contributed by atoms with van der Waals surface area (Å²) in [5, 5.41) is 5.09. The first-order valence-corrected chi connectivity index (χ1v) is 6.45. The largest absolute Gasteiger partial charge is 0.388 e. The molecule has 0 amide bonds. The first-order valence-electron chi connectivity index (χ1n) is 5.57. The second-order valence-corrected chi connectivity index (χ2v) is 4.65. The minimum Gasteiger partial charge on any atom is -0.388 e. The van der Waals surface area contributed by atoms with Crippen LogP contribution in [0.4, 0.5) is 11.4 Å². The lowest BCUT2D eigenvalue weighted by Crippen LogP contribution is -2.10. The van der Waals surface area contributed by atoms with E-state index in [9.17, 15) is 0 Å². The highest BCUT2D eigenvalue weighted by Crippen LogP contribution is 2.23. The SMILES string of the molecule is C=Cc1cc(N=C(N)c2cccs2)ccc1NC. The average Bonchev–Trinajstić information content (AvgIpc) is 2.92.